The van der Waals surface area contributed by atoms with Gasteiger partial charge in [0.15, 0.2) is 0 Å². The Morgan fingerprint density at radius 3 is 2.65 bits per heavy atom. The van der Waals surface area contributed by atoms with Gasteiger partial charge in [0, 0.05) is 17.8 Å². The number of carbonyl (C=O) groups excluding carboxylic acids is 1. The van der Waals surface area contributed by atoms with Crippen LogP contribution < -0.4 is 10.0 Å². The summed E-state index contributed by atoms with van der Waals surface area (Å²) < 4.78 is 23.0. The number of carbonyl (C=O) groups is 1. The average Bonchev–Trinajstić information content (AvgIpc) is 3.25. The van der Waals surface area contributed by atoms with Gasteiger partial charge in [0.2, 0.25) is 15.9 Å². The third-order valence-electron chi connectivity index (χ3n) is 4.67. The molecule has 1 fully saturated rings. The minimum Gasteiger partial charge on any atom is -0.308 e. The predicted molar refractivity (Wildman–Crippen MR) is 88.7 cm³/mol. The fourth-order valence-corrected chi connectivity index (χ4v) is 3.92. The molecule has 1 heterocycles. The van der Waals surface area contributed by atoms with Crippen molar-refractivity contribution in [2.45, 2.75) is 50.1 Å². The zero-order valence-corrected chi connectivity index (χ0v) is 14.3. The fraction of sp³-hybridized carbons (Fsp3) is 0.562. The summed E-state index contributed by atoms with van der Waals surface area (Å²) in [4.78, 5) is 16.9. The smallest absolute Gasteiger partial charge is 0.241 e. The van der Waals surface area contributed by atoms with E-state index in [1.54, 1.807) is 17.0 Å². The molecule has 1 amide bonds. The normalized spacial score (nSPS) is 20.9. The standard InChI is InChI=1S/C16H23N3O3S/c1-3-18(13-4-5-13)10-16(20)19-11(2)8-12-9-14(23(17,21)22)6-7-15(12)19/h6-7,9,11,13H,3-5,8,10H2,1-2H3,(H2,17,21,22). The highest BCUT2D eigenvalue weighted by Gasteiger charge is 2.35. The quantitative estimate of drug-likeness (QED) is 0.872. The Hall–Kier alpha value is -1.44. The third-order valence-corrected chi connectivity index (χ3v) is 5.58. The van der Waals surface area contributed by atoms with Gasteiger partial charge in [0.25, 0.3) is 0 Å². The second kappa shape index (κ2) is 5.89. The fourth-order valence-electron chi connectivity index (χ4n) is 3.35. The second-order valence-electron chi connectivity index (χ2n) is 6.45. The van der Waals surface area contributed by atoms with Gasteiger partial charge in [0.05, 0.1) is 11.4 Å². The summed E-state index contributed by atoms with van der Waals surface area (Å²) in [6.07, 6.45) is 3.00. The van der Waals surface area contributed by atoms with E-state index in [2.05, 4.69) is 11.8 Å². The van der Waals surface area contributed by atoms with Crippen LogP contribution in [0.1, 0.15) is 32.3 Å². The lowest BCUT2D eigenvalue weighted by Crippen LogP contribution is -2.43. The number of rotatable bonds is 5. The van der Waals surface area contributed by atoms with Gasteiger partial charge in [-0.1, -0.05) is 6.92 Å². The lowest BCUT2D eigenvalue weighted by molar-refractivity contribution is -0.120. The van der Waals surface area contributed by atoms with E-state index in [1.807, 2.05) is 6.92 Å². The predicted octanol–water partition coefficient (Wildman–Crippen LogP) is 1.10. The number of likely N-dealkylation sites (N-methyl/N-ethyl adjacent to an activating group) is 1. The number of hydrogen-bond acceptors (Lipinski definition) is 4. The van der Waals surface area contributed by atoms with Crippen molar-refractivity contribution in [2.24, 2.45) is 5.14 Å². The highest BCUT2D eigenvalue weighted by molar-refractivity contribution is 7.89. The summed E-state index contributed by atoms with van der Waals surface area (Å²) in [5.74, 6) is 0.0772. The van der Waals surface area contributed by atoms with Crippen molar-refractivity contribution in [1.29, 1.82) is 0 Å². The van der Waals surface area contributed by atoms with E-state index >= 15 is 0 Å². The van der Waals surface area contributed by atoms with Gasteiger partial charge in [-0.3, -0.25) is 9.69 Å². The van der Waals surface area contributed by atoms with Crippen molar-refractivity contribution in [2.75, 3.05) is 18.0 Å². The first-order valence-corrected chi connectivity index (χ1v) is 9.57. The van der Waals surface area contributed by atoms with Crippen molar-refractivity contribution in [1.82, 2.24) is 4.90 Å². The van der Waals surface area contributed by atoms with Gasteiger partial charge < -0.3 is 4.90 Å². The van der Waals surface area contributed by atoms with Crippen molar-refractivity contribution in [3.63, 3.8) is 0 Å². The van der Waals surface area contributed by atoms with Gasteiger partial charge in [0.1, 0.15) is 0 Å². The van der Waals surface area contributed by atoms with E-state index in [0.29, 0.717) is 19.0 Å². The van der Waals surface area contributed by atoms with Crippen molar-refractivity contribution >= 4 is 21.6 Å². The van der Waals surface area contributed by atoms with Crippen LogP contribution in [0.4, 0.5) is 5.69 Å². The van der Waals surface area contributed by atoms with Crippen molar-refractivity contribution in [3.05, 3.63) is 23.8 Å². The first-order chi connectivity index (χ1) is 10.8. The Morgan fingerprint density at radius 2 is 2.09 bits per heavy atom. The molecule has 1 aromatic carbocycles. The molecular weight excluding hydrogens is 314 g/mol. The molecule has 0 saturated heterocycles. The van der Waals surface area contributed by atoms with Crippen LogP contribution in [0.5, 0.6) is 0 Å². The highest BCUT2D eigenvalue weighted by Crippen LogP contribution is 2.34. The van der Waals surface area contributed by atoms with E-state index in [-0.39, 0.29) is 16.8 Å². The molecule has 6 nitrogen and oxygen atoms in total. The van der Waals surface area contributed by atoms with E-state index in [9.17, 15) is 13.2 Å². The summed E-state index contributed by atoms with van der Waals surface area (Å²) in [5.41, 5.74) is 1.67. The number of hydrogen-bond donors (Lipinski definition) is 1. The van der Waals surface area contributed by atoms with Crippen molar-refractivity contribution in [3.8, 4) is 0 Å². The Labute approximate surface area is 137 Å². The molecule has 2 aliphatic rings. The number of nitrogens with two attached hydrogens (primary N) is 1. The second-order valence-corrected chi connectivity index (χ2v) is 8.01. The van der Waals surface area contributed by atoms with Crippen LogP contribution >= 0.6 is 0 Å². The molecule has 23 heavy (non-hydrogen) atoms. The van der Waals surface area contributed by atoms with Gasteiger partial charge in [-0.05, 0) is 56.5 Å². The summed E-state index contributed by atoms with van der Waals surface area (Å²) in [7, 11) is -3.72. The zero-order chi connectivity index (χ0) is 16.8. The third kappa shape index (κ3) is 3.27. The molecule has 1 saturated carbocycles. The van der Waals surface area contributed by atoms with Gasteiger partial charge in [-0.15, -0.1) is 0 Å². The van der Waals surface area contributed by atoms with Crippen LogP contribution in [-0.4, -0.2) is 44.4 Å². The minimum absolute atomic E-state index is 0.0335. The van der Waals surface area contributed by atoms with Gasteiger partial charge >= 0.3 is 0 Å². The monoisotopic (exact) mass is 337 g/mol. The van der Waals surface area contributed by atoms with Crippen LogP contribution in [-0.2, 0) is 21.2 Å². The van der Waals surface area contributed by atoms with Crippen LogP contribution in [0, 0.1) is 0 Å². The lowest BCUT2D eigenvalue weighted by Gasteiger charge is -2.27. The molecule has 1 atom stereocenters. The van der Waals surface area contributed by atoms with E-state index in [4.69, 9.17) is 5.14 Å². The SMILES string of the molecule is CCN(CC(=O)N1c2ccc(S(N)(=O)=O)cc2CC1C)C1CC1. The molecule has 0 aromatic heterocycles. The maximum atomic E-state index is 12.7. The number of amides is 1. The van der Waals surface area contributed by atoms with Crippen LogP contribution in [0.25, 0.3) is 0 Å². The molecule has 1 aliphatic heterocycles. The molecular formula is C16H23N3O3S. The number of benzene rings is 1. The Balaban J connectivity index is 1.83. The molecule has 3 rings (SSSR count). The van der Waals surface area contributed by atoms with Crippen LogP contribution in [0.15, 0.2) is 23.1 Å². The first kappa shape index (κ1) is 16.4. The summed E-state index contributed by atoms with van der Waals surface area (Å²) in [6, 6.07) is 5.35. The Bertz CT molecular complexity index is 728. The number of nitrogens with zero attached hydrogens (tertiary/aromatic N) is 2. The van der Waals surface area contributed by atoms with E-state index < -0.39 is 10.0 Å². The summed E-state index contributed by atoms with van der Waals surface area (Å²) in [6.45, 7) is 5.35. The lowest BCUT2D eigenvalue weighted by atomic mass is 10.1. The number of fused-ring (bicyclic) bond motifs is 1. The number of sulfonamides is 1. The summed E-state index contributed by atoms with van der Waals surface area (Å²) in [5, 5.41) is 5.19. The Morgan fingerprint density at radius 1 is 1.39 bits per heavy atom. The molecule has 2 N–H and O–H groups in total. The molecule has 0 radical (unpaired) electrons. The van der Waals surface area contributed by atoms with Crippen LogP contribution in [0.2, 0.25) is 0 Å². The molecule has 126 valence electrons. The van der Waals surface area contributed by atoms with E-state index in [0.717, 1.165) is 17.8 Å². The minimum atomic E-state index is -3.72. The molecule has 0 spiro atoms. The number of anilines is 1. The number of primary sulfonamides is 1. The largest absolute Gasteiger partial charge is 0.308 e. The van der Waals surface area contributed by atoms with Crippen molar-refractivity contribution < 1.29 is 13.2 Å². The molecule has 0 bridgehead atoms. The average molecular weight is 337 g/mol. The summed E-state index contributed by atoms with van der Waals surface area (Å²) >= 11 is 0. The molecule has 1 unspecified atom stereocenters. The molecule has 7 heteroatoms. The highest BCUT2D eigenvalue weighted by atomic mass is 32.2. The maximum Gasteiger partial charge on any atom is 0.241 e. The molecule has 1 aromatic rings. The Kier molecular flexibility index (Phi) is 4.20. The van der Waals surface area contributed by atoms with Gasteiger partial charge in [-0.25, -0.2) is 13.6 Å². The maximum absolute atomic E-state index is 12.7. The van der Waals surface area contributed by atoms with E-state index in [1.165, 1.54) is 18.9 Å². The molecule has 1 aliphatic carbocycles. The first-order valence-electron chi connectivity index (χ1n) is 8.03. The topological polar surface area (TPSA) is 83.7 Å². The zero-order valence-electron chi connectivity index (χ0n) is 13.5. The van der Waals surface area contributed by atoms with Gasteiger partial charge in [-0.2, -0.15) is 0 Å². The van der Waals surface area contributed by atoms with Crippen LogP contribution in [0.3, 0.4) is 0 Å².